The van der Waals surface area contributed by atoms with Gasteiger partial charge in [-0.2, -0.15) is 9.97 Å². The van der Waals surface area contributed by atoms with E-state index in [0.717, 1.165) is 16.8 Å². The zero-order valence-corrected chi connectivity index (χ0v) is 18.6. The maximum atomic E-state index is 5.96. The van der Waals surface area contributed by atoms with E-state index in [-0.39, 0.29) is 12.0 Å². The summed E-state index contributed by atoms with van der Waals surface area (Å²) in [6, 6.07) is 17.3. The minimum absolute atomic E-state index is 0.0926. The monoisotopic (exact) mass is 434 g/mol. The van der Waals surface area contributed by atoms with E-state index in [0.29, 0.717) is 28.4 Å². The predicted octanol–water partition coefficient (Wildman–Crippen LogP) is 6.03. The first-order chi connectivity index (χ1) is 14.8. The highest BCUT2D eigenvalue weighted by Crippen LogP contribution is 2.25. The molecule has 31 heavy (non-hydrogen) atoms. The van der Waals surface area contributed by atoms with E-state index in [4.69, 9.17) is 20.9 Å². The van der Waals surface area contributed by atoms with Crippen LogP contribution in [0.5, 0.6) is 5.88 Å². The largest absolute Gasteiger partial charge is 0.467 e. The summed E-state index contributed by atoms with van der Waals surface area (Å²) in [5, 5.41) is 4.73. The standard InChI is InChI=1S/C24H23ClN4O2/c1-15-13-20(27-22(26-15)16-7-11-19(25)12-8-16)30-14-21-28-23(29-31-21)17-5-9-18(10-6-17)24(2,3)4/h5-13H,14H2,1-4H3. The van der Waals surface area contributed by atoms with Crippen LogP contribution in [0, 0.1) is 6.92 Å². The van der Waals surface area contributed by atoms with E-state index in [1.807, 2.05) is 31.2 Å². The number of hydrogen-bond donors (Lipinski definition) is 0. The molecule has 6 nitrogen and oxygen atoms in total. The first-order valence-electron chi connectivity index (χ1n) is 9.96. The third-order valence-electron chi connectivity index (χ3n) is 4.75. The van der Waals surface area contributed by atoms with Crippen LogP contribution in [0.1, 0.15) is 37.9 Å². The number of aryl methyl sites for hydroxylation is 1. The van der Waals surface area contributed by atoms with Crippen LogP contribution in [-0.2, 0) is 12.0 Å². The summed E-state index contributed by atoms with van der Waals surface area (Å²) >= 11 is 5.96. The van der Waals surface area contributed by atoms with Gasteiger partial charge >= 0.3 is 0 Å². The van der Waals surface area contributed by atoms with E-state index < -0.39 is 0 Å². The number of nitrogens with zero attached hydrogens (tertiary/aromatic N) is 4. The van der Waals surface area contributed by atoms with Gasteiger partial charge in [0.1, 0.15) is 0 Å². The average Bonchev–Trinajstić information content (AvgIpc) is 3.21. The van der Waals surface area contributed by atoms with Crippen LogP contribution in [0.2, 0.25) is 5.02 Å². The zero-order valence-electron chi connectivity index (χ0n) is 17.9. The molecule has 0 N–H and O–H groups in total. The molecule has 158 valence electrons. The van der Waals surface area contributed by atoms with E-state index >= 15 is 0 Å². The normalized spacial score (nSPS) is 11.5. The van der Waals surface area contributed by atoms with Gasteiger partial charge in [0.15, 0.2) is 12.4 Å². The second-order valence-electron chi connectivity index (χ2n) is 8.31. The van der Waals surface area contributed by atoms with Gasteiger partial charge in [0.05, 0.1) is 0 Å². The summed E-state index contributed by atoms with van der Waals surface area (Å²) in [7, 11) is 0. The van der Waals surface area contributed by atoms with Crippen molar-refractivity contribution in [1.82, 2.24) is 20.1 Å². The van der Waals surface area contributed by atoms with Crippen LogP contribution in [0.25, 0.3) is 22.8 Å². The first kappa shape index (κ1) is 21.0. The van der Waals surface area contributed by atoms with Gasteiger partial charge < -0.3 is 9.26 Å². The molecule has 0 amide bonds. The van der Waals surface area contributed by atoms with Crippen molar-refractivity contribution in [2.24, 2.45) is 0 Å². The summed E-state index contributed by atoms with van der Waals surface area (Å²) in [6.07, 6.45) is 0. The highest BCUT2D eigenvalue weighted by Gasteiger charge is 2.15. The molecule has 2 aromatic heterocycles. The molecule has 0 fully saturated rings. The lowest BCUT2D eigenvalue weighted by Crippen LogP contribution is -2.10. The minimum atomic E-state index is 0.0926. The van der Waals surface area contributed by atoms with E-state index in [9.17, 15) is 0 Å². The SMILES string of the molecule is Cc1cc(OCc2nc(-c3ccc(C(C)(C)C)cc3)no2)nc(-c2ccc(Cl)cc2)n1. The van der Waals surface area contributed by atoms with Gasteiger partial charge in [0, 0.05) is 27.9 Å². The molecule has 0 radical (unpaired) electrons. The first-order valence-corrected chi connectivity index (χ1v) is 10.3. The molecular formula is C24H23ClN4O2. The van der Waals surface area contributed by atoms with E-state index in [1.54, 1.807) is 18.2 Å². The second-order valence-corrected chi connectivity index (χ2v) is 8.74. The highest BCUT2D eigenvalue weighted by molar-refractivity contribution is 6.30. The molecule has 2 heterocycles. The van der Waals surface area contributed by atoms with Gasteiger partial charge in [-0.05, 0) is 42.2 Å². The van der Waals surface area contributed by atoms with Crippen LogP contribution in [0.4, 0.5) is 0 Å². The molecule has 0 saturated heterocycles. The third kappa shape index (κ3) is 5.09. The summed E-state index contributed by atoms with van der Waals surface area (Å²) in [4.78, 5) is 13.4. The molecule has 0 unspecified atom stereocenters. The van der Waals surface area contributed by atoms with Crippen molar-refractivity contribution in [1.29, 1.82) is 0 Å². The Labute approximate surface area is 186 Å². The lowest BCUT2D eigenvalue weighted by atomic mass is 9.87. The van der Waals surface area contributed by atoms with Gasteiger partial charge in [-0.3, -0.25) is 0 Å². The summed E-state index contributed by atoms with van der Waals surface area (Å²) < 4.78 is 11.2. The van der Waals surface area contributed by atoms with Gasteiger partial charge in [-0.15, -0.1) is 0 Å². The topological polar surface area (TPSA) is 73.9 Å². The lowest BCUT2D eigenvalue weighted by Gasteiger charge is -2.18. The number of aromatic nitrogens is 4. The summed E-state index contributed by atoms with van der Waals surface area (Å²) in [6.45, 7) is 8.54. The Hall–Kier alpha value is -3.25. The molecule has 7 heteroatoms. The van der Waals surface area contributed by atoms with Crippen LogP contribution in [0.15, 0.2) is 59.1 Å². The van der Waals surface area contributed by atoms with Crippen molar-refractivity contribution < 1.29 is 9.26 Å². The van der Waals surface area contributed by atoms with E-state index in [1.165, 1.54) is 5.56 Å². The Bertz CT molecular complexity index is 1180. The molecule has 4 aromatic rings. The number of hydrogen-bond acceptors (Lipinski definition) is 6. The fourth-order valence-electron chi connectivity index (χ4n) is 3.03. The molecule has 0 aliphatic heterocycles. The average molecular weight is 435 g/mol. The molecule has 0 aliphatic rings. The molecule has 0 aliphatic carbocycles. The smallest absolute Gasteiger partial charge is 0.264 e. The van der Waals surface area contributed by atoms with Gasteiger partial charge in [0.25, 0.3) is 5.89 Å². The number of halogens is 1. The lowest BCUT2D eigenvalue weighted by molar-refractivity contribution is 0.235. The molecule has 0 bridgehead atoms. The van der Waals surface area contributed by atoms with Crippen LogP contribution < -0.4 is 4.74 Å². The molecule has 4 rings (SSSR count). The van der Waals surface area contributed by atoms with Crippen LogP contribution in [-0.4, -0.2) is 20.1 Å². The van der Waals surface area contributed by atoms with Crippen molar-refractivity contribution >= 4 is 11.6 Å². The number of ether oxygens (including phenoxy) is 1. The van der Waals surface area contributed by atoms with Crippen molar-refractivity contribution in [3.05, 3.63) is 76.8 Å². The Morgan fingerprint density at radius 2 is 1.52 bits per heavy atom. The van der Waals surface area contributed by atoms with Gasteiger partial charge in [-0.1, -0.05) is 61.8 Å². The van der Waals surface area contributed by atoms with Gasteiger partial charge in [-0.25, -0.2) is 4.98 Å². The van der Waals surface area contributed by atoms with Crippen LogP contribution in [0.3, 0.4) is 0 Å². The molecule has 2 aromatic carbocycles. The Kier molecular flexibility index (Phi) is 5.74. The van der Waals surface area contributed by atoms with Crippen molar-refractivity contribution in [2.45, 2.75) is 39.7 Å². The maximum absolute atomic E-state index is 5.96. The quantitative estimate of drug-likeness (QED) is 0.381. The maximum Gasteiger partial charge on any atom is 0.264 e. The van der Waals surface area contributed by atoms with E-state index in [2.05, 4.69) is 53.0 Å². The minimum Gasteiger partial charge on any atom is -0.467 e. The number of benzene rings is 2. The van der Waals surface area contributed by atoms with Crippen molar-refractivity contribution in [3.8, 4) is 28.7 Å². The van der Waals surface area contributed by atoms with Crippen molar-refractivity contribution in [2.75, 3.05) is 0 Å². The molecular weight excluding hydrogens is 412 g/mol. The van der Waals surface area contributed by atoms with Gasteiger partial charge in [0.2, 0.25) is 11.7 Å². The Morgan fingerprint density at radius 1 is 0.871 bits per heavy atom. The predicted molar refractivity (Wildman–Crippen MR) is 120 cm³/mol. The molecule has 0 spiro atoms. The zero-order chi connectivity index (χ0) is 22.0. The fourth-order valence-corrected chi connectivity index (χ4v) is 3.15. The number of rotatable bonds is 5. The molecule has 0 saturated carbocycles. The van der Waals surface area contributed by atoms with Crippen molar-refractivity contribution in [3.63, 3.8) is 0 Å². The van der Waals surface area contributed by atoms with Crippen LogP contribution >= 0.6 is 11.6 Å². The third-order valence-corrected chi connectivity index (χ3v) is 5.01. The Morgan fingerprint density at radius 3 is 2.19 bits per heavy atom. The summed E-state index contributed by atoms with van der Waals surface area (Å²) in [5.74, 6) is 1.91. The summed E-state index contributed by atoms with van der Waals surface area (Å²) in [5.41, 5.74) is 3.89. The Balaban J connectivity index is 1.47. The highest BCUT2D eigenvalue weighted by atomic mass is 35.5. The molecule has 0 atom stereocenters. The second kappa shape index (κ2) is 8.47. The fraction of sp³-hybridized carbons (Fsp3) is 0.250.